The summed E-state index contributed by atoms with van der Waals surface area (Å²) in [6, 6.07) is 8.24. The Kier molecular flexibility index (Phi) is 5.37. The van der Waals surface area contributed by atoms with Crippen LogP contribution in [0.3, 0.4) is 0 Å². The van der Waals surface area contributed by atoms with Crippen LogP contribution >= 0.6 is 0 Å². The minimum Gasteiger partial charge on any atom is -0.453 e. The van der Waals surface area contributed by atoms with Gasteiger partial charge in [-0.2, -0.15) is 0 Å². The van der Waals surface area contributed by atoms with Gasteiger partial charge in [0.25, 0.3) is 0 Å². The maximum atomic E-state index is 11.6. The highest BCUT2D eigenvalue weighted by atomic mass is 16.5. The van der Waals surface area contributed by atoms with Crippen molar-refractivity contribution >= 4 is 34.6 Å². The van der Waals surface area contributed by atoms with Gasteiger partial charge in [0, 0.05) is 24.8 Å². The van der Waals surface area contributed by atoms with Gasteiger partial charge in [0.15, 0.2) is 5.82 Å². The molecule has 0 saturated carbocycles. The number of fused-ring (bicyclic) bond motifs is 1. The van der Waals surface area contributed by atoms with E-state index in [2.05, 4.69) is 30.6 Å². The van der Waals surface area contributed by atoms with E-state index < -0.39 is 0 Å². The van der Waals surface area contributed by atoms with Gasteiger partial charge < -0.3 is 20.3 Å². The number of ether oxygens (including phenoxy) is 1. The molecule has 1 amide bonds. The molecule has 3 aromatic rings. The van der Waals surface area contributed by atoms with Gasteiger partial charge in [-0.1, -0.05) is 12.1 Å². The Hall–Kier alpha value is -3.49. The second-order valence-electron chi connectivity index (χ2n) is 7.02. The molecule has 2 aromatic heterocycles. The number of carbonyl (C=O) groups excluding carboxylic acids is 1. The fourth-order valence-electron chi connectivity index (χ4n) is 3.39. The Morgan fingerprint density at radius 1 is 1.21 bits per heavy atom. The predicted octanol–water partition coefficient (Wildman–Crippen LogP) is 3.11. The lowest BCUT2D eigenvalue weighted by molar-refractivity contribution is 0.113. The van der Waals surface area contributed by atoms with E-state index in [4.69, 9.17) is 4.74 Å². The molecule has 0 aliphatic carbocycles. The molecular formula is C20H23N7O2. The first-order valence-corrected chi connectivity index (χ1v) is 9.53. The summed E-state index contributed by atoms with van der Waals surface area (Å²) in [5.41, 5.74) is 3.41. The topological polar surface area (TPSA) is 105 Å². The maximum absolute atomic E-state index is 11.6. The van der Waals surface area contributed by atoms with Crippen LogP contribution in [0, 0.1) is 6.92 Å². The number of likely N-dealkylation sites (tertiary alicyclic amines) is 1. The quantitative estimate of drug-likeness (QED) is 0.697. The van der Waals surface area contributed by atoms with E-state index in [1.165, 1.54) is 13.4 Å². The van der Waals surface area contributed by atoms with E-state index >= 15 is 0 Å². The van der Waals surface area contributed by atoms with Crippen molar-refractivity contribution in [3.63, 3.8) is 0 Å². The zero-order valence-electron chi connectivity index (χ0n) is 16.4. The number of nitrogens with one attached hydrogen (secondary N) is 2. The van der Waals surface area contributed by atoms with Crippen LogP contribution in [0.25, 0.3) is 11.0 Å². The molecule has 0 atom stereocenters. The molecule has 1 saturated heterocycles. The van der Waals surface area contributed by atoms with E-state index in [0.717, 1.165) is 24.1 Å². The zero-order chi connectivity index (χ0) is 20.2. The number of benzene rings is 1. The lowest BCUT2D eigenvalue weighted by Crippen LogP contribution is -2.42. The lowest BCUT2D eigenvalue weighted by Gasteiger charge is -2.31. The van der Waals surface area contributed by atoms with Crippen LogP contribution in [0.1, 0.15) is 18.4 Å². The average molecular weight is 393 g/mol. The number of piperidine rings is 1. The summed E-state index contributed by atoms with van der Waals surface area (Å²) < 4.78 is 4.78. The Morgan fingerprint density at radius 3 is 2.79 bits per heavy atom. The fraction of sp³-hybridized carbons (Fsp3) is 0.350. The second kappa shape index (κ2) is 8.26. The summed E-state index contributed by atoms with van der Waals surface area (Å²) in [5, 5.41) is 6.68. The number of anilines is 3. The van der Waals surface area contributed by atoms with Gasteiger partial charge in [0.2, 0.25) is 5.95 Å². The molecule has 1 aromatic carbocycles. The van der Waals surface area contributed by atoms with Gasteiger partial charge in [-0.15, -0.1) is 0 Å². The normalized spacial score (nSPS) is 14.6. The Morgan fingerprint density at radius 2 is 2.03 bits per heavy atom. The third kappa shape index (κ3) is 4.34. The van der Waals surface area contributed by atoms with Crippen LogP contribution in [0.5, 0.6) is 0 Å². The number of carbonyl (C=O) groups is 1. The van der Waals surface area contributed by atoms with Crippen molar-refractivity contribution in [1.29, 1.82) is 0 Å². The van der Waals surface area contributed by atoms with Gasteiger partial charge in [-0.25, -0.2) is 24.7 Å². The monoisotopic (exact) mass is 393 g/mol. The number of aromatic nitrogens is 4. The average Bonchev–Trinajstić information content (AvgIpc) is 2.74. The summed E-state index contributed by atoms with van der Waals surface area (Å²) in [4.78, 5) is 31.0. The van der Waals surface area contributed by atoms with Crippen molar-refractivity contribution in [2.45, 2.75) is 25.8 Å². The summed E-state index contributed by atoms with van der Waals surface area (Å²) >= 11 is 0. The number of aryl methyl sites for hydroxylation is 1. The second-order valence-corrected chi connectivity index (χ2v) is 7.02. The molecule has 3 heterocycles. The third-order valence-corrected chi connectivity index (χ3v) is 4.92. The van der Waals surface area contributed by atoms with Crippen LogP contribution in [0.2, 0.25) is 0 Å². The van der Waals surface area contributed by atoms with Crippen LogP contribution < -0.4 is 10.6 Å². The number of nitrogens with zero attached hydrogens (tertiary/aromatic N) is 5. The molecule has 1 aliphatic heterocycles. The van der Waals surface area contributed by atoms with Crippen molar-refractivity contribution < 1.29 is 9.53 Å². The molecule has 9 heteroatoms. The first-order valence-electron chi connectivity index (χ1n) is 9.53. The smallest absolute Gasteiger partial charge is 0.409 e. The summed E-state index contributed by atoms with van der Waals surface area (Å²) in [6.45, 7) is 3.32. The standard InChI is InChI=1S/C20H23N7O2/c1-13-4-3-5-15(10-13)24-18-17-16(22-12-23-18)11-21-19(26-17)25-14-6-8-27(9-7-14)20(28)29-2/h3-5,10-12,14H,6-9H2,1-2H3,(H,21,25,26)(H,22,23,24). The van der Waals surface area contributed by atoms with Gasteiger partial charge in [0.1, 0.15) is 17.4 Å². The first kappa shape index (κ1) is 18.9. The summed E-state index contributed by atoms with van der Waals surface area (Å²) in [6.07, 6.45) is 4.51. The van der Waals surface area contributed by atoms with Crippen LogP contribution in [0.15, 0.2) is 36.8 Å². The van der Waals surface area contributed by atoms with Gasteiger partial charge >= 0.3 is 6.09 Å². The lowest BCUT2D eigenvalue weighted by atomic mass is 10.1. The molecule has 1 fully saturated rings. The predicted molar refractivity (Wildman–Crippen MR) is 110 cm³/mol. The highest BCUT2D eigenvalue weighted by molar-refractivity contribution is 5.87. The molecule has 2 N–H and O–H groups in total. The maximum Gasteiger partial charge on any atom is 0.409 e. The number of rotatable bonds is 4. The summed E-state index contributed by atoms with van der Waals surface area (Å²) in [5.74, 6) is 1.16. The van der Waals surface area contributed by atoms with E-state index in [1.807, 2.05) is 31.2 Å². The van der Waals surface area contributed by atoms with E-state index in [0.29, 0.717) is 35.9 Å². The van der Waals surface area contributed by atoms with Crippen molar-refractivity contribution in [2.24, 2.45) is 0 Å². The van der Waals surface area contributed by atoms with Crippen LogP contribution in [0.4, 0.5) is 22.2 Å². The molecule has 0 bridgehead atoms. The Labute approximate surface area is 168 Å². The number of hydrogen-bond acceptors (Lipinski definition) is 8. The minimum atomic E-state index is -0.283. The third-order valence-electron chi connectivity index (χ3n) is 4.92. The fourth-order valence-corrected chi connectivity index (χ4v) is 3.39. The van der Waals surface area contributed by atoms with Crippen molar-refractivity contribution in [2.75, 3.05) is 30.8 Å². The SMILES string of the molecule is COC(=O)N1CCC(Nc2ncc3ncnc(Nc4cccc(C)c4)c3n2)CC1. The van der Waals surface area contributed by atoms with Crippen molar-refractivity contribution in [3.05, 3.63) is 42.4 Å². The van der Waals surface area contributed by atoms with E-state index in [9.17, 15) is 4.79 Å². The highest BCUT2D eigenvalue weighted by Crippen LogP contribution is 2.23. The van der Waals surface area contributed by atoms with Crippen molar-refractivity contribution in [1.82, 2.24) is 24.8 Å². The number of methoxy groups -OCH3 is 1. The van der Waals surface area contributed by atoms with Crippen LogP contribution in [-0.2, 0) is 4.74 Å². The first-order chi connectivity index (χ1) is 14.1. The largest absolute Gasteiger partial charge is 0.453 e. The molecule has 0 unspecified atom stereocenters. The number of amides is 1. The summed E-state index contributed by atoms with van der Waals surface area (Å²) in [7, 11) is 1.40. The number of hydrogen-bond donors (Lipinski definition) is 2. The molecule has 0 radical (unpaired) electrons. The molecule has 29 heavy (non-hydrogen) atoms. The minimum absolute atomic E-state index is 0.186. The molecule has 9 nitrogen and oxygen atoms in total. The van der Waals surface area contributed by atoms with Gasteiger partial charge in [-0.3, -0.25) is 0 Å². The molecule has 150 valence electrons. The van der Waals surface area contributed by atoms with Gasteiger partial charge in [0.05, 0.1) is 13.3 Å². The Balaban J connectivity index is 1.51. The van der Waals surface area contributed by atoms with Gasteiger partial charge in [-0.05, 0) is 37.5 Å². The molecular weight excluding hydrogens is 370 g/mol. The highest BCUT2D eigenvalue weighted by Gasteiger charge is 2.23. The molecule has 4 rings (SSSR count). The van der Waals surface area contributed by atoms with Crippen LogP contribution in [-0.4, -0.2) is 57.2 Å². The zero-order valence-corrected chi connectivity index (χ0v) is 16.4. The van der Waals surface area contributed by atoms with E-state index in [1.54, 1.807) is 11.1 Å². The molecule has 1 aliphatic rings. The van der Waals surface area contributed by atoms with E-state index in [-0.39, 0.29) is 12.1 Å². The molecule has 0 spiro atoms. The Bertz CT molecular complexity index is 1020. The van der Waals surface area contributed by atoms with Crippen molar-refractivity contribution in [3.8, 4) is 0 Å².